The summed E-state index contributed by atoms with van der Waals surface area (Å²) >= 11 is 0. The lowest BCUT2D eigenvalue weighted by molar-refractivity contribution is 0.104. The van der Waals surface area contributed by atoms with Gasteiger partial charge in [-0.25, -0.2) is 0 Å². The maximum Gasteiger partial charge on any atom is 0.189 e. The van der Waals surface area contributed by atoms with Crippen molar-refractivity contribution in [2.75, 3.05) is 0 Å². The molecule has 19 heavy (non-hydrogen) atoms. The first-order valence-corrected chi connectivity index (χ1v) is 6.17. The van der Waals surface area contributed by atoms with Gasteiger partial charge in [-0.1, -0.05) is 12.2 Å². The first kappa shape index (κ1) is 13.1. The van der Waals surface area contributed by atoms with Crippen LogP contribution in [0.25, 0.3) is 6.08 Å². The van der Waals surface area contributed by atoms with Gasteiger partial charge in [-0.05, 0) is 38.1 Å². The number of furan rings is 1. The SMILES string of the molecule is CCn1cc(C(=O)/C=C/C=C/c2ccco2)c(C)n1. The number of hydrogen-bond donors (Lipinski definition) is 0. The Hall–Kier alpha value is -2.36. The van der Waals surface area contributed by atoms with E-state index >= 15 is 0 Å². The fourth-order valence-corrected chi connectivity index (χ4v) is 1.69. The molecule has 0 atom stereocenters. The van der Waals surface area contributed by atoms with Gasteiger partial charge < -0.3 is 4.42 Å². The standard InChI is InChI=1S/C15H16N2O2/c1-3-17-11-14(12(2)16-17)15(18)9-5-4-7-13-8-6-10-19-13/h4-11H,3H2,1-2H3/b7-4+,9-5+. The molecule has 0 radical (unpaired) electrons. The molecule has 0 aromatic carbocycles. The number of ketones is 1. The van der Waals surface area contributed by atoms with Gasteiger partial charge in [0.25, 0.3) is 0 Å². The van der Waals surface area contributed by atoms with Crippen LogP contribution in [0.5, 0.6) is 0 Å². The third-order valence-corrected chi connectivity index (χ3v) is 2.70. The summed E-state index contributed by atoms with van der Waals surface area (Å²) < 4.78 is 6.90. The number of allylic oxidation sites excluding steroid dienone is 3. The monoisotopic (exact) mass is 256 g/mol. The lowest BCUT2D eigenvalue weighted by Crippen LogP contribution is -1.94. The van der Waals surface area contributed by atoms with Crippen LogP contribution in [0, 0.1) is 6.92 Å². The molecular weight excluding hydrogens is 240 g/mol. The van der Waals surface area contributed by atoms with E-state index in [0.29, 0.717) is 5.56 Å². The fourth-order valence-electron chi connectivity index (χ4n) is 1.69. The van der Waals surface area contributed by atoms with E-state index in [9.17, 15) is 4.79 Å². The summed E-state index contributed by atoms with van der Waals surface area (Å²) in [5.41, 5.74) is 1.40. The van der Waals surface area contributed by atoms with Crippen LogP contribution < -0.4 is 0 Å². The Morgan fingerprint density at radius 3 is 2.95 bits per heavy atom. The van der Waals surface area contributed by atoms with Gasteiger partial charge in [0.05, 0.1) is 17.5 Å². The number of nitrogens with zero attached hydrogens (tertiary/aromatic N) is 2. The van der Waals surface area contributed by atoms with Crippen molar-refractivity contribution in [1.29, 1.82) is 0 Å². The van der Waals surface area contributed by atoms with Crippen molar-refractivity contribution >= 4 is 11.9 Å². The smallest absolute Gasteiger partial charge is 0.189 e. The highest BCUT2D eigenvalue weighted by molar-refractivity contribution is 6.05. The van der Waals surface area contributed by atoms with Gasteiger partial charge in [-0.3, -0.25) is 9.48 Å². The van der Waals surface area contributed by atoms with Crippen LogP contribution >= 0.6 is 0 Å². The molecule has 0 aliphatic rings. The zero-order valence-corrected chi connectivity index (χ0v) is 11.0. The molecule has 0 saturated carbocycles. The van der Waals surface area contributed by atoms with E-state index in [0.717, 1.165) is 18.0 Å². The molecule has 98 valence electrons. The molecule has 0 spiro atoms. The predicted octanol–water partition coefficient (Wildman–Crippen LogP) is 3.26. The summed E-state index contributed by atoms with van der Waals surface area (Å²) in [4.78, 5) is 12.0. The minimum atomic E-state index is -0.0405. The second kappa shape index (κ2) is 6.00. The highest BCUT2D eigenvalue weighted by atomic mass is 16.3. The molecule has 0 aliphatic carbocycles. The summed E-state index contributed by atoms with van der Waals surface area (Å²) in [6.07, 6.45) is 10.2. The van der Waals surface area contributed by atoms with E-state index in [4.69, 9.17) is 4.42 Å². The van der Waals surface area contributed by atoms with Gasteiger partial charge in [-0.15, -0.1) is 0 Å². The number of aromatic nitrogens is 2. The fraction of sp³-hybridized carbons (Fsp3) is 0.200. The van der Waals surface area contributed by atoms with Gasteiger partial charge in [0.1, 0.15) is 5.76 Å². The quantitative estimate of drug-likeness (QED) is 0.468. The van der Waals surface area contributed by atoms with Crippen molar-refractivity contribution in [1.82, 2.24) is 9.78 Å². The Labute approximate surface area is 112 Å². The summed E-state index contributed by atoms with van der Waals surface area (Å²) in [5, 5.41) is 4.25. The van der Waals surface area contributed by atoms with Crippen molar-refractivity contribution in [3.05, 3.63) is 59.8 Å². The van der Waals surface area contributed by atoms with Gasteiger partial charge in [0.2, 0.25) is 0 Å². The molecule has 0 amide bonds. The second-order valence-electron chi connectivity index (χ2n) is 4.08. The van der Waals surface area contributed by atoms with E-state index in [1.54, 1.807) is 35.4 Å². The Kier molecular flexibility index (Phi) is 4.13. The summed E-state index contributed by atoms with van der Waals surface area (Å²) in [6.45, 7) is 4.59. The maximum atomic E-state index is 12.0. The number of carbonyl (C=O) groups is 1. The molecule has 2 heterocycles. The minimum absolute atomic E-state index is 0.0405. The molecule has 0 saturated heterocycles. The van der Waals surface area contributed by atoms with Crippen LogP contribution in [0.3, 0.4) is 0 Å². The lowest BCUT2D eigenvalue weighted by Gasteiger charge is -1.90. The van der Waals surface area contributed by atoms with Gasteiger partial charge in [0.15, 0.2) is 5.78 Å². The van der Waals surface area contributed by atoms with Gasteiger partial charge in [0, 0.05) is 12.7 Å². The molecular formula is C15H16N2O2. The highest BCUT2D eigenvalue weighted by Crippen LogP contribution is 2.08. The Morgan fingerprint density at radius 1 is 1.47 bits per heavy atom. The maximum absolute atomic E-state index is 12.0. The number of hydrogen-bond acceptors (Lipinski definition) is 3. The summed E-state index contributed by atoms with van der Waals surface area (Å²) in [7, 11) is 0. The van der Waals surface area contributed by atoms with Gasteiger partial charge in [-0.2, -0.15) is 5.10 Å². The van der Waals surface area contributed by atoms with Crippen LogP contribution in [0.1, 0.15) is 28.7 Å². The second-order valence-corrected chi connectivity index (χ2v) is 4.08. The Morgan fingerprint density at radius 2 is 2.32 bits per heavy atom. The van der Waals surface area contributed by atoms with E-state index in [1.165, 1.54) is 6.08 Å². The lowest BCUT2D eigenvalue weighted by atomic mass is 10.1. The van der Waals surface area contributed by atoms with Crippen molar-refractivity contribution in [3.63, 3.8) is 0 Å². The van der Waals surface area contributed by atoms with Gasteiger partial charge >= 0.3 is 0 Å². The molecule has 0 bridgehead atoms. The third kappa shape index (κ3) is 3.31. The number of rotatable bonds is 5. The van der Waals surface area contributed by atoms with E-state index < -0.39 is 0 Å². The van der Waals surface area contributed by atoms with Crippen LogP contribution in [-0.4, -0.2) is 15.6 Å². The molecule has 2 aromatic rings. The van der Waals surface area contributed by atoms with Crippen LogP contribution in [0.15, 0.2) is 47.2 Å². The zero-order chi connectivity index (χ0) is 13.7. The Balaban J connectivity index is 2.02. The minimum Gasteiger partial charge on any atom is -0.465 e. The van der Waals surface area contributed by atoms with Crippen molar-refractivity contribution in [3.8, 4) is 0 Å². The van der Waals surface area contributed by atoms with Crippen molar-refractivity contribution < 1.29 is 9.21 Å². The number of aryl methyl sites for hydroxylation is 2. The largest absolute Gasteiger partial charge is 0.465 e. The van der Waals surface area contributed by atoms with E-state index in [2.05, 4.69) is 5.10 Å². The molecule has 4 heteroatoms. The van der Waals surface area contributed by atoms with Crippen molar-refractivity contribution in [2.45, 2.75) is 20.4 Å². The summed E-state index contributed by atoms with van der Waals surface area (Å²) in [5.74, 6) is 0.716. The molecule has 4 nitrogen and oxygen atoms in total. The summed E-state index contributed by atoms with van der Waals surface area (Å²) in [6, 6.07) is 3.67. The molecule has 2 rings (SSSR count). The van der Waals surface area contributed by atoms with E-state index in [-0.39, 0.29) is 5.78 Å². The predicted molar refractivity (Wildman–Crippen MR) is 73.9 cm³/mol. The molecule has 0 aliphatic heterocycles. The normalized spacial score (nSPS) is 11.7. The van der Waals surface area contributed by atoms with Crippen molar-refractivity contribution in [2.24, 2.45) is 0 Å². The van der Waals surface area contributed by atoms with Crippen LogP contribution in [0.2, 0.25) is 0 Å². The molecule has 2 aromatic heterocycles. The third-order valence-electron chi connectivity index (χ3n) is 2.70. The number of carbonyl (C=O) groups excluding carboxylic acids is 1. The topological polar surface area (TPSA) is 48.0 Å². The first-order valence-electron chi connectivity index (χ1n) is 6.17. The average Bonchev–Trinajstić information content (AvgIpc) is 3.03. The van der Waals surface area contributed by atoms with Crippen LogP contribution in [-0.2, 0) is 6.54 Å². The first-order chi connectivity index (χ1) is 9.20. The van der Waals surface area contributed by atoms with Crippen LogP contribution in [0.4, 0.5) is 0 Å². The van der Waals surface area contributed by atoms with E-state index in [1.807, 2.05) is 26.0 Å². The molecule has 0 N–H and O–H groups in total. The zero-order valence-electron chi connectivity index (χ0n) is 11.0. The highest BCUT2D eigenvalue weighted by Gasteiger charge is 2.09. The molecule has 0 fully saturated rings. The Bertz CT molecular complexity index is 604. The molecule has 0 unspecified atom stereocenters. The average molecular weight is 256 g/mol.